The van der Waals surface area contributed by atoms with Crippen LogP contribution in [0.1, 0.15) is 36.1 Å². The van der Waals surface area contributed by atoms with E-state index in [-0.39, 0.29) is 0 Å². The summed E-state index contributed by atoms with van der Waals surface area (Å²) in [5, 5.41) is 8.49. The van der Waals surface area contributed by atoms with E-state index < -0.39 is 0 Å². The molecule has 0 amide bonds. The molecule has 2 N–H and O–H groups in total. The molecule has 4 heterocycles. The predicted molar refractivity (Wildman–Crippen MR) is 107 cm³/mol. The Morgan fingerprint density at radius 3 is 2.69 bits per heavy atom. The van der Waals surface area contributed by atoms with Crippen LogP contribution in [0.25, 0.3) is 21.6 Å². The lowest BCUT2D eigenvalue weighted by molar-refractivity contribution is 0.478. The summed E-state index contributed by atoms with van der Waals surface area (Å²) in [6.07, 6.45) is 10.8. The van der Waals surface area contributed by atoms with Crippen LogP contribution in [0.15, 0.2) is 24.5 Å². The highest BCUT2D eigenvalue weighted by atomic mass is 32.1. The molecule has 1 fully saturated rings. The molecule has 3 aromatic heterocycles. The standard InChI is InChI=1S/C20H23N5S/c1-2-4-16-15(3-1)17-19(23-14-7-11-22-12-8-14)24-18(25-20(17)26-16)13-5-9-21-10-6-13/h5-6,9-10,14,22H,1-4,7-8,11-12H2,(H,23,24,25). The first kappa shape index (κ1) is 16.1. The smallest absolute Gasteiger partial charge is 0.163 e. The Morgan fingerprint density at radius 1 is 1.04 bits per heavy atom. The fourth-order valence-corrected chi connectivity index (χ4v) is 5.31. The Labute approximate surface area is 157 Å². The van der Waals surface area contributed by atoms with Gasteiger partial charge in [0.05, 0.1) is 5.39 Å². The van der Waals surface area contributed by atoms with Crippen molar-refractivity contribution in [3.05, 3.63) is 35.0 Å². The summed E-state index contributed by atoms with van der Waals surface area (Å²) >= 11 is 1.87. The maximum absolute atomic E-state index is 4.98. The molecule has 1 aliphatic carbocycles. The zero-order valence-corrected chi connectivity index (χ0v) is 15.6. The largest absolute Gasteiger partial charge is 0.367 e. The Hall–Kier alpha value is -2.05. The number of thiophene rings is 1. The van der Waals surface area contributed by atoms with Crippen LogP contribution in [0.5, 0.6) is 0 Å². The molecule has 0 bridgehead atoms. The summed E-state index contributed by atoms with van der Waals surface area (Å²) < 4.78 is 0. The first-order valence-electron chi connectivity index (χ1n) is 9.58. The van der Waals surface area contributed by atoms with E-state index in [9.17, 15) is 0 Å². The molecule has 26 heavy (non-hydrogen) atoms. The molecule has 6 heteroatoms. The number of rotatable bonds is 3. The van der Waals surface area contributed by atoms with Crippen LogP contribution in [0, 0.1) is 0 Å². The molecule has 0 radical (unpaired) electrons. The van der Waals surface area contributed by atoms with E-state index in [0.29, 0.717) is 6.04 Å². The number of fused-ring (bicyclic) bond motifs is 3. The fourth-order valence-electron chi connectivity index (χ4n) is 4.05. The van der Waals surface area contributed by atoms with E-state index in [1.165, 1.54) is 35.1 Å². The van der Waals surface area contributed by atoms with Gasteiger partial charge in [0.2, 0.25) is 0 Å². The summed E-state index contributed by atoms with van der Waals surface area (Å²) in [6.45, 7) is 2.15. The van der Waals surface area contributed by atoms with Gasteiger partial charge in [-0.15, -0.1) is 11.3 Å². The number of nitrogens with one attached hydrogen (secondary N) is 2. The first-order chi connectivity index (χ1) is 12.9. The van der Waals surface area contributed by atoms with Gasteiger partial charge in [-0.1, -0.05) is 0 Å². The van der Waals surface area contributed by atoms with Crippen LogP contribution in [0.3, 0.4) is 0 Å². The average molecular weight is 366 g/mol. The molecule has 0 spiro atoms. The van der Waals surface area contributed by atoms with Crippen molar-refractivity contribution in [3.8, 4) is 11.4 Å². The third-order valence-corrected chi connectivity index (χ3v) is 6.62. The zero-order chi connectivity index (χ0) is 17.3. The van der Waals surface area contributed by atoms with Gasteiger partial charge in [-0.05, 0) is 69.3 Å². The third kappa shape index (κ3) is 2.97. The van der Waals surface area contributed by atoms with Crippen LogP contribution in [0.2, 0.25) is 0 Å². The number of hydrogen-bond acceptors (Lipinski definition) is 6. The van der Waals surface area contributed by atoms with Crippen molar-refractivity contribution in [1.82, 2.24) is 20.3 Å². The van der Waals surface area contributed by atoms with Crippen molar-refractivity contribution in [3.63, 3.8) is 0 Å². The maximum Gasteiger partial charge on any atom is 0.163 e. The Balaban J connectivity index is 1.64. The molecule has 2 aliphatic rings. The quantitative estimate of drug-likeness (QED) is 0.739. The van der Waals surface area contributed by atoms with Gasteiger partial charge >= 0.3 is 0 Å². The molecule has 0 atom stereocenters. The van der Waals surface area contributed by atoms with Crippen LogP contribution < -0.4 is 10.6 Å². The topological polar surface area (TPSA) is 62.7 Å². The van der Waals surface area contributed by atoms with E-state index in [1.807, 2.05) is 35.9 Å². The third-order valence-electron chi connectivity index (χ3n) is 5.43. The molecular formula is C20H23N5S. The van der Waals surface area contributed by atoms with E-state index in [4.69, 9.17) is 9.97 Å². The second-order valence-corrected chi connectivity index (χ2v) is 8.27. The predicted octanol–water partition coefficient (Wildman–Crippen LogP) is 3.80. The lowest BCUT2D eigenvalue weighted by Crippen LogP contribution is -2.35. The van der Waals surface area contributed by atoms with Crippen molar-refractivity contribution < 1.29 is 0 Å². The van der Waals surface area contributed by atoms with E-state index in [0.717, 1.165) is 54.4 Å². The van der Waals surface area contributed by atoms with Gasteiger partial charge in [0.1, 0.15) is 10.6 Å². The Morgan fingerprint density at radius 2 is 1.85 bits per heavy atom. The Kier molecular flexibility index (Phi) is 4.30. The minimum atomic E-state index is 0.485. The van der Waals surface area contributed by atoms with Crippen LogP contribution in [0.4, 0.5) is 5.82 Å². The van der Waals surface area contributed by atoms with Gasteiger partial charge in [0, 0.05) is 28.9 Å². The number of hydrogen-bond donors (Lipinski definition) is 2. The van der Waals surface area contributed by atoms with Crippen molar-refractivity contribution in [2.75, 3.05) is 18.4 Å². The van der Waals surface area contributed by atoms with Gasteiger partial charge in [-0.3, -0.25) is 4.98 Å². The van der Waals surface area contributed by atoms with Crippen molar-refractivity contribution >= 4 is 27.4 Å². The van der Waals surface area contributed by atoms with Crippen LogP contribution in [-0.2, 0) is 12.8 Å². The molecule has 5 nitrogen and oxygen atoms in total. The number of aryl methyl sites for hydroxylation is 2. The minimum Gasteiger partial charge on any atom is -0.367 e. The normalized spacial score (nSPS) is 18.0. The lowest BCUT2D eigenvalue weighted by atomic mass is 9.96. The van der Waals surface area contributed by atoms with E-state index in [2.05, 4.69) is 15.6 Å². The highest BCUT2D eigenvalue weighted by molar-refractivity contribution is 7.19. The molecule has 1 saturated heterocycles. The number of pyridine rings is 1. The summed E-state index contributed by atoms with van der Waals surface area (Å²) in [5.41, 5.74) is 2.52. The minimum absolute atomic E-state index is 0.485. The molecule has 0 aromatic carbocycles. The zero-order valence-electron chi connectivity index (χ0n) is 14.8. The highest BCUT2D eigenvalue weighted by Gasteiger charge is 2.23. The monoisotopic (exact) mass is 365 g/mol. The average Bonchev–Trinajstić information content (AvgIpc) is 3.08. The molecule has 0 saturated carbocycles. The number of aromatic nitrogens is 3. The SMILES string of the molecule is c1cc(-c2nc(NC3CCNCC3)c3c4c(sc3n2)CCCC4)ccn1. The van der Waals surface area contributed by atoms with Gasteiger partial charge in [0.25, 0.3) is 0 Å². The first-order valence-corrected chi connectivity index (χ1v) is 10.4. The van der Waals surface area contributed by atoms with Crippen molar-refractivity contribution in [1.29, 1.82) is 0 Å². The molecule has 5 rings (SSSR count). The molecule has 0 unspecified atom stereocenters. The highest BCUT2D eigenvalue weighted by Crippen LogP contribution is 2.40. The molecular weight excluding hydrogens is 342 g/mol. The summed E-state index contributed by atoms with van der Waals surface area (Å²) in [5.74, 6) is 1.84. The summed E-state index contributed by atoms with van der Waals surface area (Å²) in [6, 6.07) is 4.46. The van der Waals surface area contributed by atoms with E-state index in [1.54, 1.807) is 0 Å². The molecule has 1 aliphatic heterocycles. The van der Waals surface area contributed by atoms with Gasteiger partial charge in [0.15, 0.2) is 5.82 Å². The fraction of sp³-hybridized carbons (Fsp3) is 0.450. The number of nitrogens with zero attached hydrogens (tertiary/aromatic N) is 3. The number of anilines is 1. The Bertz CT molecular complexity index is 915. The second-order valence-electron chi connectivity index (χ2n) is 7.19. The summed E-state index contributed by atoms with van der Waals surface area (Å²) in [4.78, 5) is 16.7. The second kappa shape index (κ2) is 6.93. The van der Waals surface area contributed by atoms with Crippen LogP contribution in [-0.4, -0.2) is 34.1 Å². The van der Waals surface area contributed by atoms with E-state index >= 15 is 0 Å². The van der Waals surface area contributed by atoms with Crippen molar-refractivity contribution in [2.24, 2.45) is 0 Å². The van der Waals surface area contributed by atoms with Crippen LogP contribution >= 0.6 is 11.3 Å². The van der Waals surface area contributed by atoms with Crippen molar-refractivity contribution in [2.45, 2.75) is 44.6 Å². The molecule has 3 aromatic rings. The van der Waals surface area contributed by atoms with Gasteiger partial charge in [-0.25, -0.2) is 9.97 Å². The van der Waals surface area contributed by atoms with Gasteiger partial charge < -0.3 is 10.6 Å². The lowest BCUT2D eigenvalue weighted by Gasteiger charge is -2.25. The molecule has 134 valence electrons. The number of piperidine rings is 1. The van der Waals surface area contributed by atoms with Gasteiger partial charge in [-0.2, -0.15) is 0 Å². The summed E-state index contributed by atoms with van der Waals surface area (Å²) in [7, 11) is 0. The maximum atomic E-state index is 4.98.